The summed E-state index contributed by atoms with van der Waals surface area (Å²) in [6.07, 6.45) is -0.975. The van der Waals surface area contributed by atoms with Gasteiger partial charge in [-0.2, -0.15) is 0 Å². The lowest BCUT2D eigenvalue weighted by molar-refractivity contribution is -0.118. The highest BCUT2D eigenvalue weighted by Gasteiger charge is 2.22. The molecule has 3 rings (SSSR count). The number of hydrogen-bond acceptors (Lipinski definition) is 5. The molecule has 0 aliphatic rings. The molecular formula is C22H21NO5. The average molecular weight is 379 g/mol. The number of furan rings is 1. The zero-order chi connectivity index (χ0) is 20.3. The molecule has 0 unspecified atom stereocenters. The second-order valence-electron chi connectivity index (χ2n) is 6.78. The van der Waals surface area contributed by atoms with Crippen LogP contribution >= 0.6 is 0 Å². The van der Waals surface area contributed by atoms with Crippen molar-refractivity contribution in [3.8, 4) is 0 Å². The van der Waals surface area contributed by atoms with Crippen molar-refractivity contribution in [3.63, 3.8) is 0 Å². The summed E-state index contributed by atoms with van der Waals surface area (Å²) in [6, 6.07) is 15.3. The number of fused-ring (bicyclic) bond motifs is 1. The van der Waals surface area contributed by atoms with Crippen LogP contribution in [0.25, 0.3) is 11.0 Å². The number of esters is 1. The zero-order valence-corrected chi connectivity index (χ0v) is 15.9. The Morgan fingerprint density at radius 2 is 1.64 bits per heavy atom. The number of Topliss-reactive ketones (excluding diaryl/α,β-unsaturated/α-hetero) is 1. The molecule has 0 aliphatic heterocycles. The first-order chi connectivity index (χ1) is 13.3. The number of benzene rings is 2. The monoisotopic (exact) mass is 379 g/mol. The van der Waals surface area contributed by atoms with Gasteiger partial charge in [0.05, 0.1) is 0 Å². The lowest BCUT2D eigenvalue weighted by Gasteiger charge is -2.12. The molecule has 0 saturated heterocycles. The standard InChI is InChI=1S/C22H21NO5/c1-13(2)21(25)23-17-10-8-15(9-11-17)20(24)14(3)27-22(26)19-12-16-6-4-5-7-18(16)28-19/h4-14H,1-3H3,(H,23,25)/t14-/m1/s1. The van der Waals surface area contributed by atoms with Crippen LogP contribution in [0.3, 0.4) is 0 Å². The summed E-state index contributed by atoms with van der Waals surface area (Å²) < 4.78 is 10.7. The third-order valence-corrected chi connectivity index (χ3v) is 4.24. The number of ketones is 1. The smallest absolute Gasteiger partial charge is 0.374 e. The Morgan fingerprint density at radius 1 is 0.964 bits per heavy atom. The highest BCUT2D eigenvalue weighted by molar-refractivity contribution is 6.02. The van der Waals surface area contributed by atoms with Crippen molar-refractivity contribution in [2.45, 2.75) is 26.9 Å². The van der Waals surface area contributed by atoms with Gasteiger partial charge in [0.15, 0.2) is 6.10 Å². The predicted octanol–water partition coefficient (Wildman–Crippen LogP) is 4.46. The van der Waals surface area contributed by atoms with Gasteiger partial charge in [0.1, 0.15) is 5.58 Å². The molecule has 1 N–H and O–H groups in total. The normalized spacial score (nSPS) is 12.0. The first-order valence-electron chi connectivity index (χ1n) is 9.00. The van der Waals surface area contributed by atoms with Crippen molar-refractivity contribution < 1.29 is 23.5 Å². The lowest BCUT2D eigenvalue weighted by atomic mass is 10.1. The number of carbonyl (C=O) groups is 3. The summed E-state index contributed by atoms with van der Waals surface area (Å²) in [5.41, 5.74) is 1.56. The van der Waals surface area contributed by atoms with E-state index in [9.17, 15) is 14.4 Å². The van der Waals surface area contributed by atoms with Gasteiger partial charge in [0, 0.05) is 22.6 Å². The Labute approximate surface area is 162 Å². The van der Waals surface area contributed by atoms with Crippen LogP contribution in [0.1, 0.15) is 41.7 Å². The second-order valence-corrected chi connectivity index (χ2v) is 6.78. The fraction of sp³-hybridized carbons (Fsp3) is 0.227. The molecule has 0 radical (unpaired) electrons. The molecule has 0 spiro atoms. The maximum Gasteiger partial charge on any atom is 0.374 e. The molecule has 1 heterocycles. The van der Waals surface area contributed by atoms with Crippen molar-refractivity contribution in [2.75, 3.05) is 5.32 Å². The molecular weight excluding hydrogens is 358 g/mol. The molecule has 1 atom stereocenters. The Kier molecular flexibility index (Phi) is 5.59. The Morgan fingerprint density at radius 3 is 2.29 bits per heavy atom. The van der Waals surface area contributed by atoms with Crippen LogP contribution < -0.4 is 5.32 Å². The SMILES string of the molecule is CC(C)C(=O)Nc1ccc(C(=O)[C@@H](C)OC(=O)c2cc3ccccc3o2)cc1. The van der Waals surface area contributed by atoms with E-state index in [1.54, 1.807) is 56.3 Å². The highest BCUT2D eigenvalue weighted by atomic mass is 16.6. The van der Waals surface area contributed by atoms with Crippen LogP contribution in [0, 0.1) is 5.92 Å². The number of rotatable bonds is 6. The Balaban J connectivity index is 1.65. The van der Waals surface area contributed by atoms with Crippen molar-refractivity contribution in [2.24, 2.45) is 5.92 Å². The summed E-state index contributed by atoms with van der Waals surface area (Å²) in [5, 5.41) is 3.54. The summed E-state index contributed by atoms with van der Waals surface area (Å²) in [6.45, 7) is 5.11. The van der Waals surface area contributed by atoms with E-state index in [0.717, 1.165) is 5.39 Å². The van der Waals surface area contributed by atoms with Gasteiger partial charge in [-0.05, 0) is 43.3 Å². The summed E-state index contributed by atoms with van der Waals surface area (Å²) in [7, 11) is 0. The summed E-state index contributed by atoms with van der Waals surface area (Å²) in [5.74, 6) is -1.23. The van der Waals surface area contributed by atoms with E-state index in [-0.39, 0.29) is 23.4 Å². The number of hydrogen-bond donors (Lipinski definition) is 1. The van der Waals surface area contributed by atoms with Gasteiger partial charge in [0.2, 0.25) is 17.5 Å². The quantitative estimate of drug-likeness (QED) is 0.505. The lowest BCUT2D eigenvalue weighted by Crippen LogP contribution is -2.24. The molecule has 6 heteroatoms. The summed E-state index contributed by atoms with van der Waals surface area (Å²) >= 11 is 0. The number of amides is 1. The van der Waals surface area contributed by atoms with Crippen molar-refractivity contribution in [3.05, 3.63) is 65.9 Å². The third kappa shape index (κ3) is 4.28. The van der Waals surface area contributed by atoms with Crippen LogP contribution in [-0.2, 0) is 9.53 Å². The predicted molar refractivity (Wildman–Crippen MR) is 105 cm³/mol. The van der Waals surface area contributed by atoms with Gasteiger partial charge >= 0.3 is 5.97 Å². The van der Waals surface area contributed by atoms with Crippen molar-refractivity contribution >= 4 is 34.3 Å². The molecule has 0 saturated carbocycles. The molecule has 1 aromatic heterocycles. The molecule has 144 valence electrons. The van der Waals surface area contributed by atoms with Crippen molar-refractivity contribution in [1.29, 1.82) is 0 Å². The maximum atomic E-state index is 12.5. The van der Waals surface area contributed by atoms with E-state index in [2.05, 4.69) is 5.32 Å². The second kappa shape index (κ2) is 8.08. The minimum atomic E-state index is -0.975. The molecule has 2 aromatic carbocycles. The van der Waals surface area contributed by atoms with Gasteiger partial charge in [-0.3, -0.25) is 9.59 Å². The maximum absolute atomic E-state index is 12.5. The molecule has 0 bridgehead atoms. The Bertz CT molecular complexity index is 984. The summed E-state index contributed by atoms with van der Waals surface area (Å²) in [4.78, 5) is 36.5. The molecule has 28 heavy (non-hydrogen) atoms. The largest absolute Gasteiger partial charge is 0.449 e. The molecule has 0 fully saturated rings. The van der Waals surface area contributed by atoms with Gasteiger partial charge in [0.25, 0.3) is 0 Å². The number of ether oxygens (including phenoxy) is 1. The minimum Gasteiger partial charge on any atom is -0.449 e. The third-order valence-electron chi connectivity index (χ3n) is 4.24. The molecule has 6 nitrogen and oxygen atoms in total. The van der Waals surface area contributed by atoms with E-state index in [1.807, 2.05) is 12.1 Å². The topological polar surface area (TPSA) is 85.6 Å². The fourth-order valence-corrected chi connectivity index (χ4v) is 2.59. The van der Waals surface area contributed by atoms with Crippen LogP contribution in [0.5, 0.6) is 0 Å². The molecule has 3 aromatic rings. The number of carbonyl (C=O) groups excluding carboxylic acids is 3. The van der Waals surface area contributed by atoms with Gasteiger partial charge in [-0.25, -0.2) is 4.79 Å². The first-order valence-corrected chi connectivity index (χ1v) is 9.00. The van der Waals surface area contributed by atoms with Gasteiger partial charge in [-0.1, -0.05) is 32.0 Å². The number of anilines is 1. The van der Waals surface area contributed by atoms with Crippen LogP contribution in [0.2, 0.25) is 0 Å². The van der Waals surface area contributed by atoms with Crippen LogP contribution in [0.4, 0.5) is 5.69 Å². The molecule has 0 aliphatic carbocycles. The van der Waals surface area contributed by atoms with E-state index in [0.29, 0.717) is 16.8 Å². The van der Waals surface area contributed by atoms with Gasteiger partial charge in [-0.15, -0.1) is 0 Å². The van der Waals surface area contributed by atoms with E-state index in [4.69, 9.17) is 9.15 Å². The van der Waals surface area contributed by atoms with Crippen molar-refractivity contribution in [1.82, 2.24) is 0 Å². The number of nitrogens with one attached hydrogen (secondary N) is 1. The van der Waals surface area contributed by atoms with Crippen LogP contribution in [-0.4, -0.2) is 23.8 Å². The fourth-order valence-electron chi connectivity index (χ4n) is 2.59. The first kappa shape index (κ1) is 19.4. The Hall–Kier alpha value is -3.41. The van der Waals surface area contributed by atoms with E-state index in [1.165, 1.54) is 6.92 Å². The average Bonchev–Trinajstić information content (AvgIpc) is 3.12. The highest BCUT2D eigenvalue weighted by Crippen LogP contribution is 2.20. The van der Waals surface area contributed by atoms with Gasteiger partial charge < -0.3 is 14.5 Å². The number of para-hydroxylation sites is 1. The minimum absolute atomic E-state index is 0.0487. The van der Waals surface area contributed by atoms with Crippen LogP contribution in [0.15, 0.2) is 59.0 Å². The van der Waals surface area contributed by atoms with E-state index >= 15 is 0 Å². The molecule has 1 amide bonds. The zero-order valence-electron chi connectivity index (χ0n) is 15.9. The van der Waals surface area contributed by atoms with E-state index < -0.39 is 12.1 Å².